The van der Waals surface area contributed by atoms with Crippen LogP contribution in [0.3, 0.4) is 0 Å². The molecule has 0 atom stereocenters. The molecule has 0 spiro atoms. The van der Waals surface area contributed by atoms with Crippen molar-refractivity contribution in [1.82, 2.24) is 19.9 Å². The van der Waals surface area contributed by atoms with Crippen molar-refractivity contribution in [3.05, 3.63) is 35.8 Å². The largest absolute Gasteiger partial charge is 0.390 e. The molecule has 2 aromatic heterocycles. The van der Waals surface area contributed by atoms with Gasteiger partial charge in [0.05, 0.1) is 6.54 Å². The lowest BCUT2D eigenvalue weighted by molar-refractivity contribution is -0.0733. The van der Waals surface area contributed by atoms with E-state index in [1.807, 2.05) is 12.1 Å². The third kappa shape index (κ3) is 3.91. The van der Waals surface area contributed by atoms with Crippen LogP contribution in [0.25, 0.3) is 11.4 Å². The molecular weight excluding hydrogens is 352 g/mol. The lowest BCUT2D eigenvalue weighted by atomic mass is 10.1. The molecule has 0 aromatic carbocycles. The molecule has 8 heteroatoms. The first-order chi connectivity index (χ1) is 13.1. The Morgan fingerprint density at radius 3 is 2.63 bits per heavy atom. The lowest BCUT2D eigenvalue weighted by Crippen LogP contribution is -2.51. The Labute approximate surface area is 156 Å². The van der Waals surface area contributed by atoms with Gasteiger partial charge in [0.1, 0.15) is 12.4 Å². The van der Waals surface area contributed by atoms with E-state index in [0.29, 0.717) is 32.0 Å². The maximum absolute atomic E-state index is 13.4. The molecule has 1 aliphatic heterocycles. The smallest absolute Gasteiger partial charge is 0.283 e. The average molecular weight is 375 g/mol. The Balaban J connectivity index is 1.55. The zero-order chi connectivity index (χ0) is 18.9. The van der Waals surface area contributed by atoms with Crippen LogP contribution in [0.5, 0.6) is 0 Å². The van der Waals surface area contributed by atoms with Gasteiger partial charge in [0, 0.05) is 55.4 Å². The number of aliphatic hydroxyl groups is 1. The quantitative estimate of drug-likeness (QED) is 0.859. The topological polar surface area (TPSA) is 65.4 Å². The standard InChI is InChI=1S/C19H23F2N5O/c20-19(21,13-27)12-25-7-9-26(10-8-25)18-15-4-1-5-16(15)23-17(24-18)14-3-2-6-22-11-14/h2-3,6,11,27H,1,4-5,7-10,12-13H2. The van der Waals surface area contributed by atoms with Crippen molar-refractivity contribution in [2.75, 3.05) is 44.2 Å². The molecule has 3 heterocycles. The minimum Gasteiger partial charge on any atom is -0.390 e. The highest BCUT2D eigenvalue weighted by atomic mass is 19.3. The fourth-order valence-corrected chi connectivity index (χ4v) is 3.79. The zero-order valence-corrected chi connectivity index (χ0v) is 15.1. The van der Waals surface area contributed by atoms with Crippen LogP contribution in [-0.4, -0.2) is 70.2 Å². The number of aromatic nitrogens is 3. The molecule has 0 saturated carbocycles. The van der Waals surface area contributed by atoms with Crippen LogP contribution < -0.4 is 4.90 Å². The predicted molar refractivity (Wildman–Crippen MR) is 98.0 cm³/mol. The maximum atomic E-state index is 13.4. The van der Waals surface area contributed by atoms with Gasteiger partial charge in [-0.05, 0) is 31.4 Å². The molecule has 0 unspecified atom stereocenters. The Morgan fingerprint density at radius 2 is 1.93 bits per heavy atom. The Kier molecular flexibility index (Phi) is 5.01. The number of aryl methyl sites for hydroxylation is 1. The number of anilines is 1. The van der Waals surface area contributed by atoms with Gasteiger partial charge in [0.15, 0.2) is 5.82 Å². The maximum Gasteiger partial charge on any atom is 0.283 e. The Hall–Kier alpha value is -2.19. The van der Waals surface area contributed by atoms with Crippen LogP contribution in [-0.2, 0) is 12.8 Å². The van der Waals surface area contributed by atoms with Gasteiger partial charge in [-0.25, -0.2) is 18.7 Å². The summed E-state index contributed by atoms with van der Waals surface area (Å²) in [6.45, 7) is 0.809. The van der Waals surface area contributed by atoms with Crippen LogP contribution in [0.2, 0.25) is 0 Å². The van der Waals surface area contributed by atoms with Crippen molar-refractivity contribution in [2.45, 2.75) is 25.2 Å². The minimum absolute atomic E-state index is 0.403. The van der Waals surface area contributed by atoms with Crippen LogP contribution in [0.15, 0.2) is 24.5 Å². The molecule has 1 fully saturated rings. The number of aliphatic hydroxyl groups excluding tert-OH is 1. The summed E-state index contributed by atoms with van der Waals surface area (Å²) < 4.78 is 26.9. The van der Waals surface area contributed by atoms with Gasteiger partial charge in [-0.15, -0.1) is 0 Å². The van der Waals surface area contributed by atoms with E-state index >= 15 is 0 Å². The van der Waals surface area contributed by atoms with E-state index in [0.717, 1.165) is 36.3 Å². The van der Waals surface area contributed by atoms with Crippen molar-refractivity contribution < 1.29 is 13.9 Å². The Morgan fingerprint density at radius 1 is 1.11 bits per heavy atom. The number of nitrogens with zero attached hydrogens (tertiary/aromatic N) is 5. The van der Waals surface area contributed by atoms with Gasteiger partial charge in [0.25, 0.3) is 5.92 Å². The predicted octanol–water partition coefficient (Wildman–Crippen LogP) is 1.78. The van der Waals surface area contributed by atoms with E-state index in [2.05, 4.69) is 9.88 Å². The monoisotopic (exact) mass is 375 g/mol. The van der Waals surface area contributed by atoms with Crippen LogP contribution in [0, 0.1) is 0 Å². The molecular formula is C19H23F2N5O. The van der Waals surface area contributed by atoms with E-state index in [-0.39, 0.29) is 0 Å². The molecule has 1 aliphatic carbocycles. The number of rotatable bonds is 5. The first kappa shape index (κ1) is 18.2. The zero-order valence-electron chi connectivity index (χ0n) is 15.1. The summed E-state index contributed by atoms with van der Waals surface area (Å²) in [6.07, 6.45) is 6.45. The normalized spacial score (nSPS) is 18.0. The minimum atomic E-state index is -3.05. The summed E-state index contributed by atoms with van der Waals surface area (Å²) in [5.74, 6) is -1.44. The molecule has 0 bridgehead atoms. The molecule has 0 amide bonds. The molecule has 1 saturated heterocycles. The van der Waals surface area contributed by atoms with E-state index in [4.69, 9.17) is 15.1 Å². The molecule has 144 valence electrons. The van der Waals surface area contributed by atoms with Gasteiger partial charge < -0.3 is 10.0 Å². The first-order valence-corrected chi connectivity index (χ1v) is 9.32. The molecule has 27 heavy (non-hydrogen) atoms. The van der Waals surface area contributed by atoms with Crippen molar-refractivity contribution in [2.24, 2.45) is 0 Å². The highest BCUT2D eigenvalue weighted by Gasteiger charge is 2.33. The van der Waals surface area contributed by atoms with Crippen molar-refractivity contribution in [3.8, 4) is 11.4 Å². The fourth-order valence-electron chi connectivity index (χ4n) is 3.79. The summed E-state index contributed by atoms with van der Waals surface area (Å²) in [6, 6.07) is 3.81. The summed E-state index contributed by atoms with van der Waals surface area (Å²) in [5.41, 5.74) is 3.17. The van der Waals surface area contributed by atoms with Crippen molar-refractivity contribution in [3.63, 3.8) is 0 Å². The second-order valence-corrected chi connectivity index (χ2v) is 7.17. The number of pyridine rings is 1. The van der Waals surface area contributed by atoms with Gasteiger partial charge in [-0.2, -0.15) is 0 Å². The van der Waals surface area contributed by atoms with Crippen LogP contribution in [0.4, 0.5) is 14.6 Å². The summed E-state index contributed by atoms with van der Waals surface area (Å²) in [5, 5.41) is 8.79. The second-order valence-electron chi connectivity index (χ2n) is 7.17. The molecule has 1 N–H and O–H groups in total. The van der Waals surface area contributed by atoms with E-state index < -0.39 is 19.1 Å². The number of alkyl halides is 2. The third-order valence-electron chi connectivity index (χ3n) is 5.19. The third-order valence-corrected chi connectivity index (χ3v) is 5.19. The number of halogens is 2. The molecule has 0 radical (unpaired) electrons. The van der Waals surface area contributed by atoms with Crippen molar-refractivity contribution >= 4 is 5.82 Å². The van der Waals surface area contributed by atoms with Gasteiger partial charge >= 0.3 is 0 Å². The highest BCUT2D eigenvalue weighted by Crippen LogP contribution is 2.32. The molecule has 2 aromatic rings. The average Bonchev–Trinajstić information content (AvgIpc) is 3.17. The summed E-state index contributed by atoms with van der Waals surface area (Å²) in [4.78, 5) is 17.6. The fraction of sp³-hybridized carbons (Fsp3) is 0.526. The summed E-state index contributed by atoms with van der Waals surface area (Å²) >= 11 is 0. The van der Waals surface area contributed by atoms with E-state index in [1.165, 1.54) is 5.56 Å². The molecule has 2 aliphatic rings. The number of piperazine rings is 1. The van der Waals surface area contributed by atoms with Gasteiger partial charge in [-0.1, -0.05) is 0 Å². The summed E-state index contributed by atoms with van der Waals surface area (Å²) in [7, 11) is 0. The molecule has 4 rings (SSSR count). The molecule has 6 nitrogen and oxygen atoms in total. The van der Waals surface area contributed by atoms with Gasteiger partial charge in [0.2, 0.25) is 0 Å². The van der Waals surface area contributed by atoms with E-state index in [9.17, 15) is 8.78 Å². The van der Waals surface area contributed by atoms with Crippen molar-refractivity contribution in [1.29, 1.82) is 0 Å². The van der Waals surface area contributed by atoms with E-state index in [1.54, 1.807) is 17.3 Å². The first-order valence-electron chi connectivity index (χ1n) is 9.32. The highest BCUT2D eigenvalue weighted by molar-refractivity contribution is 5.61. The number of hydrogen-bond donors (Lipinski definition) is 1. The van der Waals surface area contributed by atoms with Crippen LogP contribution in [0.1, 0.15) is 17.7 Å². The number of fused-ring (bicyclic) bond motifs is 1. The SMILES string of the molecule is OCC(F)(F)CN1CCN(c2nc(-c3cccnc3)nc3c2CCC3)CC1. The lowest BCUT2D eigenvalue weighted by Gasteiger charge is -2.37. The second kappa shape index (κ2) is 7.44. The van der Waals surface area contributed by atoms with Crippen LogP contribution >= 0.6 is 0 Å². The number of hydrogen-bond acceptors (Lipinski definition) is 6. The van der Waals surface area contributed by atoms with Gasteiger partial charge in [-0.3, -0.25) is 9.88 Å². The Bertz CT molecular complexity index is 794.